The van der Waals surface area contributed by atoms with Crippen molar-refractivity contribution in [3.05, 3.63) is 21.9 Å². The molecule has 0 fully saturated rings. The lowest BCUT2D eigenvalue weighted by atomic mass is 10.1. The summed E-state index contributed by atoms with van der Waals surface area (Å²) in [7, 11) is 0. The predicted octanol–water partition coefficient (Wildman–Crippen LogP) is 2.09. The Hall–Kier alpha value is -0.380. The van der Waals surface area contributed by atoms with Gasteiger partial charge in [-0.05, 0) is 30.9 Å². The number of rotatable bonds is 4. The second kappa shape index (κ2) is 4.60. The van der Waals surface area contributed by atoms with Crippen molar-refractivity contribution >= 4 is 11.3 Å². The van der Waals surface area contributed by atoms with E-state index < -0.39 is 0 Å². The summed E-state index contributed by atoms with van der Waals surface area (Å²) in [5.74, 6) is 0. The monoisotopic (exact) mass is 185 g/mol. The van der Waals surface area contributed by atoms with Crippen molar-refractivity contribution in [2.45, 2.75) is 19.9 Å². The molecule has 0 aliphatic carbocycles. The molecule has 0 aromatic carbocycles. The maximum atomic E-state index is 5.91. The van der Waals surface area contributed by atoms with E-state index >= 15 is 0 Å². The molecule has 1 aromatic rings. The van der Waals surface area contributed by atoms with E-state index in [0.717, 1.165) is 6.61 Å². The van der Waals surface area contributed by atoms with Gasteiger partial charge in [-0.2, -0.15) is 0 Å². The molecule has 0 aliphatic rings. The smallest absolute Gasteiger partial charge is 0.0659 e. The highest BCUT2D eigenvalue weighted by atomic mass is 32.1. The number of ether oxygens (including phenoxy) is 1. The van der Waals surface area contributed by atoms with Crippen LogP contribution in [0.3, 0.4) is 0 Å². The highest BCUT2D eigenvalue weighted by Crippen LogP contribution is 2.20. The molecule has 3 heteroatoms. The van der Waals surface area contributed by atoms with Crippen molar-refractivity contribution in [1.29, 1.82) is 0 Å². The van der Waals surface area contributed by atoms with Gasteiger partial charge in [0.15, 0.2) is 0 Å². The lowest BCUT2D eigenvalue weighted by Crippen LogP contribution is -2.17. The number of aryl methyl sites for hydroxylation is 1. The molecule has 12 heavy (non-hydrogen) atoms. The molecule has 68 valence electrons. The third kappa shape index (κ3) is 2.30. The van der Waals surface area contributed by atoms with Crippen molar-refractivity contribution in [2.75, 3.05) is 13.2 Å². The molecule has 1 aromatic heterocycles. The SMILES string of the molecule is CCOCC(N)c1ccsc1C. The van der Waals surface area contributed by atoms with E-state index in [4.69, 9.17) is 10.5 Å². The van der Waals surface area contributed by atoms with Crippen LogP contribution in [0.4, 0.5) is 0 Å². The lowest BCUT2D eigenvalue weighted by molar-refractivity contribution is 0.133. The van der Waals surface area contributed by atoms with E-state index in [2.05, 4.69) is 18.4 Å². The molecule has 0 saturated carbocycles. The Morgan fingerprint density at radius 2 is 2.42 bits per heavy atom. The summed E-state index contributed by atoms with van der Waals surface area (Å²) in [4.78, 5) is 1.29. The van der Waals surface area contributed by atoms with Crippen LogP contribution in [0.15, 0.2) is 11.4 Å². The van der Waals surface area contributed by atoms with Crippen LogP contribution in [0.5, 0.6) is 0 Å². The van der Waals surface area contributed by atoms with Crippen LogP contribution in [-0.4, -0.2) is 13.2 Å². The largest absolute Gasteiger partial charge is 0.380 e. The first-order valence-electron chi connectivity index (χ1n) is 4.13. The van der Waals surface area contributed by atoms with Gasteiger partial charge in [-0.1, -0.05) is 0 Å². The number of hydrogen-bond donors (Lipinski definition) is 1. The fraction of sp³-hybridized carbons (Fsp3) is 0.556. The topological polar surface area (TPSA) is 35.2 Å². The summed E-state index contributed by atoms with van der Waals surface area (Å²) in [6.45, 7) is 5.42. The van der Waals surface area contributed by atoms with Gasteiger partial charge in [0.05, 0.1) is 12.6 Å². The zero-order chi connectivity index (χ0) is 8.97. The van der Waals surface area contributed by atoms with E-state index in [-0.39, 0.29) is 6.04 Å². The molecule has 0 aliphatic heterocycles. The molecule has 1 unspecified atom stereocenters. The molecule has 1 rings (SSSR count). The van der Waals surface area contributed by atoms with Gasteiger partial charge in [0.25, 0.3) is 0 Å². The first-order valence-corrected chi connectivity index (χ1v) is 5.01. The predicted molar refractivity (Wildman–Crippen MR) is 52.5 cm³/mol. The molecule has 2 nitrogen and oxygen atoms in total. The van der Waals surface area contributed by atoms with Gasteiger partial charge >= 0.3 is 0 Å². The van der Waals surface area contributed by atoms with Gasteiger partial charge in [-0.15, -0.1) is 11.3 Å². The second-order valence-electron chi connectivity index (χ2n) is 2.70. The van der Waals surface area contributed by atoms with E-state index in [1.54, 1.807) is 11.3 Å². The standard InChI is InChI=1S/C9H15NOS/c1-3-11-6-9(10)8-4-5-12-7(8)2/h4-5,9H,3,6,10H2,1-2H3. The molecular weight excluding hydrogens is 170 g/mol. The van der Waals surface area contributed by atoms with Crippen LogP contribution >= 0.6 is 11.3 Å². The van der Waals surface area contributed by atoms with Crippen LogP contribution in [0.2, 0.25) is 0 Å². The number of thiophene rings is 1. The Kier molecular flexibility index (Phi) is 3.72. The van der Waals surface area contributed by atoms with Crippen molar-refractivity contribution in [3.8, 4) is 0 Å². The molecule has 0 saturated heterocycles. The van der Waals surface area contributed by atoms with E-state index in [1.165, 1.54) is 10.4 Å². The molecule has 0 spiro atoms. The Morgan fingerprint density at radius 3 is 2.92 bits per heavy atom. The van der Waals surface area contributed by atoms with Gasteiger partial charge in [-0.3, -0.25) is 0 Å². The second-order valence-corrected chi connectivity index (χ2v) is 3.82. The van der Waals surface area contributed by atoms with Crippen molar-refractivity contribution in [2.24, 2.45) is 5.73 Å². The quantitative estimate of drug-likeness (QED) is 0.779. The van der Waals surface area contributed by atoms with E-state index in [9.17, 15) is 0 Å². The fourth-order valence-electron chi connectivity index (χ4n) is 1.11. The Balaban J connectivity index is 2.52. The summed E-state index contributed by atoms with van der Waals surface area (Å²) in [5.41, 5.74) is 7.12. The average Bonchev–Trinajstić information content (AvgIpc) is 2.47. The van der Waals surface area contributed by atoms with Gasteiger partial charge in [0, 0.05) is 11.5 Å². The summed E-state index contributed by atoms with van der Waals surface area (Å²) in [6, 6.07) is 2.11. The van der Waals surface area contributed by atoms with Crippen LogP contribution in [0.25, 0.3) is 0 Å². The normalized spacial score (nSPS) is 13.2. The third-order valence-electron chi connectivity index (χ3n) is 1.80. The zero-order valence-electron chi connectivity index (χ0n) is 7.54. The molecule has 2 N–H and O–H groups in total. The molecular formula is C9H15NOS. The first-order chi connectivity index (χ1) is 5.75. The summed E-state index contributed by atoms with van der Waals surface area (Å²) in [5, 5.41) is 2.07. The highest BCUT2D eigenvalue weighted by molar-refractivity contribution is 7.10. The zero-order valence-corrected chi connectivity index (χ0v) is 8.36. The lowest BCUT2D eigenvalue weighted by Gasteiger charge is -2.10. The fourth-order valence-corrected chi connectivity index (χ4v) is 1.89. The van der Waals surface area contributed by atoms with Gasteiger partial charge in [-0.25, -0.2) is 0 Å². The van der Waals surface area contributed by atoms with Crippen molar-refractivity contribution in [1.82, 2.24) is 0 Å². The van der Waals surface area contributed by atoms with Gasteiger partial charge < -0.3 is 10.5 Å². The Bertz CT molecular complexity index is 234. The minimum Gasteiger partial charge on any atom is -0.380 e. The Morgan fingerprint density at radius 1 is 1.67 bits per heavy atom. The summed E-state index contributed by atoms with van der Waals surface area (Å²) < 4.78 is 5.25. The molecule has 0 bridgehead atoms. The number of hydrogen-bond acceptors (Lipinski definition) is 3. The number of nitrogens with two attached hydrogens (primary N) is 1. The Labute approximate surface area is 77.3 Å². The molecule has 0 amide bonds. The highest BCUT2D eigenvalue weighted by Gasteiger charge is 2.08. The van der Waals surface area contributed by atoms with Crippen LogP contribution in [0, 0.1) is 6.92 Å². The van der Waals surface area contributed by atoms with Crippen LogP contribution in [-0.2, 0) is 4.74 Å². The summed E-state index contributed by atoms with van der Waals surface area (Å²) in [6.07, 6.45) is 0. The van der Waals surface area contributed by atoms with Crippen molar-refractivity contribution in [3.63, 3.8) is 0 Å². The van der Waals surface area contributed by atoms with Gasteiger partial charge in [0.2, 0.25) is 0 Å². The first kappa shape index (κ1) is 9.71. The minimum atomic E-state index is 0.0381. The van der Waals surface area contributed by atoms with Gasteiger partial charge in [0.1, 0.15) is 0 Å². The van der Waals surface area contributed by atoms with E-state index in [1.807, 2.05) is 6.92 Å². The molecule has 1 atom stereocenters. The van der Waals surface area contributed by atoms with Crippen LogP contribution < -0.4 is 5.73 Å². The minimum absolute atomic E-state index is 0.0381. The van der Waals surface area contributed by atoms with Crippen LogP contribution in [0.1, 0.15) is 23.4 Å². The maximum Gasteiger partial charge on any atom is 0.0659 e. The maximum absolute atomic E-state index is 5.91. The summed E-state index contributed by atoms with van der Waals surface area (Å²) >= 11 is 1.73. The van der Waals surface area contributed by atoms with E-state index in [0.29, 0.717) is 6.61 Å². The average molecular weight is 185 g/mol. The third-order valence-corrected chi connectivity index (χ3v) is 2.66. The molecule has 1 heterocycles. The molecule has 0 radical (unpaired) electrons. The van der Waals surface area contributed by atoms with Crippen molar-refractivity contribution < 1.29 is 4.74 Å².